The molecule has 0 bridgehead atoms. The van der Waals surface area contributed by atoms with Gasteiger partial charge < -0.3 is 14.8 Å². The summed E-state index contributed by atoms with van der Waals surface area (Å²) in [5, 5.41) is 6.58. The van der Waals surface area contributed by atoms with Crippen molar-refractivity contribution in [1.29, 1.82) is 0 Å². The predicted molar refractivity (Wildman–Crippen MR) is 103 cm³/mol. The SMILES string of the molecule is COc1cc(OC)c(/C=N/NC(=O)c2cccc(NC(C)=O)c2)cc1Br. The van der Waals surface area contributed by atoms with Crippen LogP contribution in [-0.2, 0) is 4.79 Å². The summed E-state index contributed by atoms with van der Waals surface area (Å²) in [6, 6.07) is 10.0. The van der Waals surface area contributed by atoms with E-state index in [1.807, 2.05) is 0 Å². The quantitative estimate of drug-likeness (QED) is 0.555. The molecule has 2 amide bonds. The molecule has 0 unspecified atom stereocenters. The van der Waals surface area contributed by atoms with Crippen molar-refractivity contribution in [3.05, 3.63) is 52.0 Å². The van der Waals surface area contributed by atoms with Crippen molar-refractivity contribution in [2.24, 2.45) is 5.10 Å². The zero-order chi connectivity index (χ0) is 19.1. The molecular formula is C18H18BrN3O4. The second-order valence-electron chi connectivity index (χ2n) is 5.19. The highest BCUT2D eigenvalue weighted by atomic mass is 79.9. The summed E-state index contributed by atoms with van der Waals surface area (Å²) < 4.78 is 11.2. The van der Waals surface area contributed by atoms with E-state index >= 15 is 0 Å². The van der Waals surface area contributed by atoms with Gasteiger partial charge in [-0.25, -0.2) is 5.43 Å². The number of anilines is 1. The average molecular weight is 420 g/mol. The number of nitrogens with one attached hydrogen (secondary N) is 2. The van der Waals surface area contributed by atoms with Crippen molar-refractivity contribution in [1.82, 2.24) is 5.43 Å². The summed E-state index contributed by atoms with van der Waals surface area (Å²) in [5.41, 5.74) is 4.01. The van der Waals surface area contributed by atoms with E-state index < -0.39 is 5.91 Å². The Labute approximate surface area is 159 Å². The zero-order valence-corrected chi connectivity index (χ0v) is 16.1. The van der Waals surface area contributed by atoms with Gasteiger partial charge in [-0.15, -0.1) is 0 Å². The highest BCUT2D eigenvalue weighted by Gasteiger charge is 2.09. The molecule has 0 aromatic heterocycles. The second-order valence-corrected chi connectivity index (χ2v) is 6.04. The molecule has 136 valence electrons. The van der Waals surface area contributed by atoms with Crippen molar-refractivity contribution in [2.75, 3.05) is 19.5 Å². The number of methoxy groups -OCH3 is 2. The van der Waals surface area contributed by atoms with E-state index in [0.717, 1.165) is 4.47 Å². The van der Waals surface area contributed by atoms with Crippen LogP contribution in [0.3, 0.4) is 0 Å². The monoisotopic (exact) mass is 419 g/mol. The van der Waals surface area contributed by atoms with Crippen LogP contribution in [0.25, 0.3) is 0 Å². The van der Waals surface area contributed by atoms with Gasteiger partial charge in [0.2, 0.25) is 5.91 Å². The Morgan fingerprint density at radius 2 is 1.85 bits per heavy atom. The first-order valence-corrected chi connectivity index (χ1v) is 8.36. The Morgan fingerprint density at radius 3 is 2.50 bits per heavy atom. The van der Waals surface area contributed by atoms with Gasteiger partial charge in [0, 0.05) is 29.8 Å². The lowest BCUT2D eigenvalue weighted by atomic mass is 10.2. The fourth-order valence-corrected chi connectivity index (χ4v) is 2.67. The number of carbonyl (C=O) groups excluding carboxylic acids is 2. The Morgan fingerprint density at radius 1 is 1.12 bits per heavy atom. The van der Waals surface area contributed by atoms with Crippen molar-refractivity contribution in [2.45, 2.75) is 6.92 Å². The van der Waals surface area contributed by atoms with Gasteiger partial charge in [-0.3, -0.25) is 9.59 Å². The highest BCUT2D eigenvalue weighted by Crippen LogP contribution is 2.31. The van der Waals surface area contributed by atoms with Crippen LogP contribution < -0.4 is 20.2 Å². The van der Waals surface area contributed by atoms with Gasteiger partial charge >= 0.3 is 0 Å². The number of hydrazone groups is 1. The maximum atomic E-state index is 12.2. The van der Waals surface area contributed by atoms with Crippen molar-refractivity contribution in [3.63, 3.8) is 0 Å². The zero-order valence-electron chi connectivity index (χ0n) is 14.5. The topological polar surface area (TPSA) is 89.0 Å². The minimum absolute atomic E-state index is 0.210. The number of benzene rings is 2. The van der Waals surface area contributed by atoms with Crippen molar-refractivity contribution in [3.8, 4) is 11.5 Å². The van der Waals surface area contributed by atoms with Crippen LogP contribution >= 0.6 is 15.9 Å². The molecule has 8 heteroatoms. The van der Waals surface area contributed by atoms with Gasteiger partial charge in [-0.2, -0.15) is 5.10 Å². The van der Waals surface area contributed by atoms with Crippen LogP contribution in [0, 0.1) is 0 Å². The number of hydrogen-bond donors (Lipinski definition) is 2. The lowest BCUT2D eigenvalue weighted by Crippen LogP contribution is -2.18. The molecule has 2 aromatic carbocycles. The molecule has 2 N–H and O–H groups in total. The number of ether oxygens (including phenoxy) is 2. The lowest BCUT2D eigenvalue weighted by Gasteiger charge is -2.09. The van der Waals surface area contributed by atoms with Gasteiger partial charge in [0.25, 0.3) is 5.91 Å². The number of amides is 2. The fourth-order valence-electron chi connectivity index (χ4n) is 2.15. The Bertz CT molecular complexity index is 852. The van der Waals surface area contributed by atoms with E-state index in [0.29, 0.717) is 28.3 Å². The van der Waals surface area contributed by atoms with Crippen LogP contribution in [0.15, 0.2) is 46.0 Å². The van der Waals surface area contributed by atoms with Crippen LogP contribution in [0.1, 0.15) is 22.8 Å². The first-order valence-electron chi connectivity index (χ1n) is 7.57. The summed E-state index contributed by atoms with van der Waals surface area (Å²) in [6.45, 7) is 1.40. The van der Waals surface area contributed by atoms with Gasteiger partial charge in [0.1, 0.15) is 11.5 Å². The summed E-state index contributed by atoms with van der Waals surface area (Å²) in [7, 11) is 3.09. The summed E-state index contributed by atoms with van der Waals surface area (Å²) >= 11 is 3.39. The third kappa shape index (κ3) is 5.06. The summed E-state index contributed by atoms with van der Waals surface area (Å²) in [5.74, 6) is 0.561. The molecule has 0 radical (unpaired) electrons. The smallest absolute Gasteiger partial charge is 0.271 e. The molecule has 0 saturated carbocycles. The van der Waals surface area contributed by atoms with E-state index in [-0.39, 0.29) is 5.91 Å². The van der Waals surface area contributed by atoms with Gasteiger partial charge in [-0.05, 0) is 40.2 Å². The first kappa shape index (κ1) is 19.5. The summed E-state index contributed by atoms with van der Waals surface area (Å²) in [6.07, 6.45) is 1.47. The number of nitrogens with zero attached hydrogens (tertiary/aromatic N) is 1. The highest BCUT2D eigenvalue weighted by molar-refractivity contribution is 9.10. The minimum Gasteiger partial charge on any atom is -0.496 e. The van der Waals surface area contributed by atoms with Crippen LogP contribution in [-0.4, -0.2) is 32.2 Å². The molecule has 0 aliphatic rings. The Hall–Kier alpha value is -2.87. The van der Waals surface area contributed by atoms with E-state index in [1.54, 1.807) is 43.5 Å². The van der Waals surface area contributed by atoms with Crippen LogP contribution in [0.4, 0.5) is 5.69 Å². The molecule has 0 atom stereocenters. The molecule has 26 heavy (non-hydrogen) atoms. The third-order valence-electron chi connectivity index (χ3n) is 3.32. The van der Waals surface area contributed by atoms with E-state index in [2.05, 4.69) is 31.8 Å². The second kappa shape index (κ2) is 9.00. The van der Waals surface area contributed by atoms with Crippen molar-refractivity contribution >= 4 is 39.6 Å². The third-order valence-corrected chi connectivity index (χ3v) is 3.94. The Balaban J connectivity index is 2.12. The predicted octanol–water partition coefficient (Wildman–Crippen LogP) is 3.19. The largest absolute Gasteiger partial charge is 0.496 e. The molecule has 0 aliphatic heterocycles. The normalized spacial score (nSPS) is 10.5. The molecular weight excluding hydrogens is 402 g/mol. The Kier molecular flexibility index (Phi) is 6.74. The summed E-state index contributed by atoms with van der Waals surface area (Å²) in [4.78, 5) is 23.3. The van der Waals surface area contributed by atoms with Gasteiger partial charge in [0.05, 0.1) is 24.9 Å². The number of carbonyl (C=O) groups is 2. The van der Waals surface area contributed by atoms with Crippen LogP contribution in [0.5, 0.6) is 11.5 Å². The van der Waals surface area contributed by atoms with E-state index in [4.69, 9.17) is 9.47 Å². The molecule has 7 nitrogen and oxygen atoms in total. The van der Waals surface area contributed by atoms with Crippen LogP contribution in [0.2, 0.25) is 0 Å². The first-order chi connectivity index (χ1) is 12.4. The maximum Gasteiger partial charge on any atom is 0.271 e. The molecule has 0 saturated heterocycles. The van der Waals surface area contributed by atoms with Gasteiger partial charge in [-0.1, -0.05) is 6.07 Å². The van der Waals surface area contributed by atoms with Crippen molar-refractivity contribution < 1.29 is 19.1 Å². The molecule has 0 fully saturated rings. The number of rotatable bonds is 6. The fraction of sp³-hybridized carbons (Fsp3) is 0.167. The number of halogens is 1. The molecule has 2 aromatic rings. The molecule has 0 spiro atoms. The minimum atomic E-state index is -0.403. The molecule has 0 aliphatic carbocycles. The lowest BCUT2D eigenvalue weighted by molar-refractivity contribution is -0.114. The maximum absolute atomic E-state index is 12.2. The van der Waals surface area contributed by atoms with Gasteiger partial charge in [0.15, 0.2) is 0 Å². The average Bonchev–Trinajstić information content (AvgIpc) is 2.61. The standard InChI is InChI=1S/C18H18BrN3O4/c1-11(23)21-14-6-4-5-12(7-14)18(24)22-20-10-13-8-15(19)17(26-3)9-16(13)25-2/h4-10H,1-3H3,(H,21,23)(H,22,24)/b20-10+. The van der Waals surface area contributed by atoms with E-state index in [1.165, 1.54) is 20.2 Å². The number of hydrogen-bond acceptors (Lipinski definition) is 5. The van der Waals surface area contributed by atoms with E-state index in [9.17, 15) is 9.59 Å². The molecule has 2 rings (SSSR count). The molecule has 0 heterocycles.